The van der Waals surface area contributed by atoms with E-state index >= 15 is 0 Å². The summed E-state index contributed by atoms with van der Waals surface area (Å²) in [5, 5.41) is 0. The summed E-state index contributed by atoms with van der Waals surface area (Å²) in [6.45, 7) is 0. The Bertz CT molecular complexity index is 596. The Labute approximate surface area is 151 Å². The Morgan fingerprint density at radius 1 is 0.960 bits per heavy atom. The van der Waals surface area contributed by atoms with Gasteiger partial charge in [-0.2, -0.15) is 0 Å². The van der Waals surface area contributed by atoms with Crippen molar-refractivity contribution in [3.63, 3.8) is 0 Å². The van der Waals surface area contributed by atoms with Gasteiger partial charge in [0.25, 0.3) is 0 Å². The maximum Gasteiger partial charge on any atom is 0.309 e. The average molecular weight is 343 g/mol. The van der Waals surface area contributed by atoms with Crippen LogP contribution >= 0.6 is 0 Å². The van der Waals surface area contributed by atoms with Gasteiger partial charge in [0.05, 0.1) is 32.1 Å². The molecular formula is C22H32NO2+. The van der Waals surface area contributed by atoms with Crippen LogP contribution in [0.1, 0.15) is 62.8 Å². The van der Waals surface area contributed by atoms with E-state index in [0.717, 1.165) is 36.6 Å². The predicted molar refractivity (Wildman–Crippen MR) is 99.2 cm³/mol. The van der Waals surface area contributed by atoms with Gasteiger partial charge in [0.1, 0.15) is 6.10 Å². The fraction of sp³-hybridized carbons (Fsp3) is 0.682. The van der Waals surface area contributed by atoms with Gasteiger partial charge in [-0.25, -0.2) is 0 Å². The minimum atomic E-state index is 0.0539. The molecule has 25 heavy (non-hydrogen) atoms. The van der Waals surface area contributed by atoms with Crippen molar-refractivity contribution in [2.24, 2.45) is 5.92 Å². The van der Waals surface area contributed by atoms with Crippen molar-refractivity contribution in [2.45, 2.75) is 75.5 Å². The lowest BCUT2D eigenvalue weighted by molar-refractivity contribution is -0.931. The van der Waals surface area contributed by atoms with E-state index in [1.807, 2.05) is 0 Å². The standard InChI is InChI=1S/C22H32NO2/c1-23(2)17-12-13-18(23)15-19(14-17)25-22(24)21-11-7-6-10-20(21)16-8-4-3-5-9-16/h3-5,8-9,17-21H,6-7,10-15H2,1-2H3/q+1/t17-,18+,19?,20?,21?. The molecule has 1 aromatic carbocycles. The molecule has 2 heterocycles. The molecule has 1 aromatic rings. The van der Waals surface area contributed by atoms with E-state index in [1.165, 1.54) is 24.8 Å². The fourth-order valence-electron chi connectivity index (χ4n) is 5.69. The number of nitrogens with zero attached hydrogens (tertiary/aromatic N) is 1. The first kappa shape index (κ1) is 17.1. The highest BCUT2D eigenvalue weighted by Gasteiger charge is 2.50. The van der Waals surface area contributed by atoms with Crippen molar-refractivity contribution in [2.75, 3.05) is 14.1 Å². The van der Waals surface area contributed by atoms with Crippen molar-refractivity contribution >= 4 is 5.97 Å². The van der Waals surface area contributed by atoms with Gasteiger partial charge in [0, 0.05) is 25.7 Å². The maximum atomic E-state index is 13.0. The molecule has 3 fully saturated rings. The van der Waals surface area contributed by atoms with E-state index in [0.29, 0.717) is 18.0 Å². The summed E-state index contributed by atoms with van der Waals surface area (Å²) < 4.78 is 7.24. The van der Waals surface area contributed by atoms with Crippen molar-refractivity contribution in [1.29, 1.82) is 0 Å². The number of carbonyl (C=O) groups excluding carboxylic acids is 1. The first-order valence-electron chi connectivity index (χ1n) is 10.1. The van der Waals surface area contributed by atoms with Gasteiger partial charge in [0.2, 0.25) is 0 Å². The highest BCUT2D eigenvalue weighted by Crippen LogP contribution is 2.42. The number of esters is 1. The molecule has 5 atom stereocenters. The third-order valence-corrected chi connectivity index (χ3v) is 7.36. The van der Waals surface area contributed by atoms with Gasteiger partial charge in [-0.05, 0) is 24.3 Å². The van der Waals surface area contributed by atoms with Crippen LogP contribution < -0.4 is 0 Å². The quantitative estimate of drug-likeness (QED) is 0.605. The molecule has 4 rings (SSSR count). The zero-order chi connectivity index (χ0) is 17.4. The summed E-state index contributed by atoms with van der Waals surface area (Å²) in [5.74, 6) is 0.471. The lowest BCUT2D eigenvalue weighted by atomic mass is 9.75. The highest BCUT2D eigenvalue weighted by atomic mass is 16.5. The molecule has 2 bridgehead atoms. The van der Waals surface area contributed by atoms with Gasteiger partial charge in [-0.15, -0.1) is 0 Å². The Morgan fingerprint density at radius 2 is 1.60 bits per heavy atom. The molecule has 2 aliphatic heterocycles. The van der Waals surface area contributed by atoms with Crippen molar-refractivity contribution in [3.05, 3.63) is 35.9 Å². The lowest BCUT2D eigenvalue weighted by Crippen LogP contribution is -2.56. The summed E-state index contributed by atoms with van der Waals surface area (Å²) in [6.07, 6.45) is 9.32. The first-order chi connectivity index (χ1) is 12.1. The second kappa shape index (κ2) is 6.75. The molecular weight excluding hydrogens is 310 g/mol. The van der Waals surface area contributed by atoms with Gasteiger partial charge in [-0.3, -0.25) is 4.79 Å². The van der Waals surface area contributed by atoms with Crippen LogP contribution in [0.25, 0.3) is 0 Å². The van der Waals surface area contributed by atoms with Crippen LogP contribution in [0, 0.1) is 5.92 Å². The fourth-order valence-corrected chi connectivity index (χ4v) is 5.69. The van der Waals surface area contributed by atoms with E-state index in [1.54, 1.807) is 0 Å². The maximum absolute atomic E-state index is 13.0. The molecule has 3 nitrogen and oxygen atoms in total. The monoisotopic (exact) mass is 342 g/mol. The van der Waals surface area contributed by atoms with Crippen molar-refractivity contribution in [3.8, 4) is 0 Å². The Balaban J connectivity index is 1.43. The normalized spacial score (nSPS) is 36.8. The molecule has 0 radical (unpaired) electrons. The Hall–Kier alpha value is -1.35. The third kappa shape index (κ3) is 3.23. The second-order valence-electron chi connectivity index (χ2n) is 8.95. The van der Waals surface area contributed by atoms with E-state index < -0.39 is 0 Å². The summed E-state index contributed by atoms with van der Waals surface area (Å²) in [7, 11) is 4.71. The number of hydrogen-bond acceptors (Lipinski definition) is 2. The summed E-state index contributed by atoms with van der Waals surface area (Å²) in [4.78, 5) is 13.0. The molecule has 3 unspecified atom stereocenters. The number of hydrogen-bond donors (Lipinski definition) is 0. The van der Waals surface area contributed by atoms with Crippen LogP contribution in [-0.4, -0.2) is 42.7 Å². The van der Waals surface area contributed by atoms with Crippen LogP contribution in [0.15, 0.2) is 30.3 Å². The number of fused-ring (bicyclic) bond motifs is 2. The second-order valence-corrected chi connectivity index (χ2v) is 8.95. The molecule has 136 valence electrons. The molecule has 0 aromatic heterocycles. The predicted octanol–water partition coefficient (Wildman–Crippen LogP) is 4.27. The zero-order valence-electron chi connectivity index (χ0n) is 15.7. The van der Waals surface area contributed by atoms with Crippen LogP contribution in [0.4, 0.5) is 0 Å². The first-order valence-corrected chi connectivity index (χ1v) is 10.1. The summed E-state index contributed by atoms with van der Waals surface area (Å²) in [5.41, 5.74) is 1.31. The molecule has 3 heteroatoms. The minimum Gasteiger partial charge on any atom is -0.462 e. The molecule has 1 saturated carbocycles. The number of quaternary nitrogens is 1. The number of benzene rings is 1. The van der Waals surface area contributed by atoms with Crippen molar-refractivity contribution < 1.29 is 14.0 Å². The van der Waals surface area contributed by atoms with Gasteiger partial charge >= 0.3 is 5.97 Å². The molecule has 2 saturated heterocycles. The minimum absolute atomic E-state index is 0.0539. The lowest BCUT2D eigenvalue weighted by Gasteiger charge is -2.44. The topological polar surface area (TPSA) is 26.3 Å². The molecule has 1 aliphatic carbocycles. The van der Waals surface area contributed by atoms with Crippen molar-refractivity contribution in [1.82, 2.24) is 0 Å². The molecule has 3 aliphatic rings. The van der Waals surface area contributed by atoms with Gasteiger partial charge < -0.3 is 9.22 Å². The van der Waals surface area contributed by atoms with Crippen LogP contribution in [0.2, 0.25) is 0 Å². The zero-order valence-corrected chi connectivity index (χ0v) is 15.7. The van der Waals surface area contributed by atoms with E-state index in [2.05, 4.69) is 44.4 Å². The van der Waals surface area contributed by atoms with E-state index in [4.69, 9.17) is 4.74 Å². The van der Waals surface area contributed by atoms with Gasteiger partial charge in [0.15, 0.2) is 0 Å². The molecule has 0 spiro atoms. The number of ether oxygens (including phenoxy) is 1. The molecule has 0 N–H and O–H groups in total. The van der Waals surface area contributed by atoms with E-state index in [9.17, 15) is 4.79 Å². The average Bonchev–Trinajstić information content (AvgIpc) is 2.79. The highest BCUT2D eigenvalue weighted by molar-refractivity contribution is 5.74. The third-order valence-electron chi connectivity index (χ3n) is 7.36. The van der Waals surface area contributed by atoms with Crippen LogP contribution in [0.3, 0.4) is 0 Å². The number of rotatable bonds is 3. The number of piperidine rings is 1. The summed E-state index contributed by atoms with van der Waals surface area (Å²) in [6, 6.07) is 11.9. The Morgan fingerprint density at radius 3 is 2.28 bits per heavy atom. The van der Waals surface area contributed by atoms with Gasteiger partial charge in [-0.1, -0.05) is 43.2 Å². The smallest absolute Gasteiger partial charge is 0.309 e. The van der Waals surface area contributed by atoms with Crippen LogP contribution in [-0.2, 0) is 9.53 Å². The van der Waals surface area contributed by atoms with Crippen LogP contribution in [0.5, 0.6) is 0 Å². The SMILES string of the molecule is C[N+]1(C)[C@@H]2CC[C@H]1CC(OC(=O)C1CCCCC1c1ccccc1)C2. The number of carbonyl (C=O) groups is 1. The summed E-state index contributed by atoms with van der Waals surface area (Å²) >= 11 is 0. The van der Waals surface area contributed by atoms with E-state index in [-0.39, 0.29) is 18.0 Å². The largest absolute Gasteiger partial charge is 0.462 e. The Kier molecular flexibility index (Phi) is 4.61. The molecule has 0 amide bonds.